The zero-order valence-corrected chi connectivity index (χ0v) is 8.20. The molecule has 0 amide bonds. The number of hydrogen-bond acceptors (Lipinski definition) is 3. The molecular weight excluding hydrogens is 156 g/mol. The van der Waals surface area contributed by atoms with E-state index in [-0.39, 0.29) is 11.9 Å². The highest BCUT2D eigenvalue weighted by molar-refractivity contribution is 5.73. The van der Waals surface area contributed by atoms with Crippen LogP contribution in [0.5, 0.6) is 0 Å². The maximum atomic E-state index is 11.2. The van der Waals surface area contributed by atoms with Crippen molar-refractivity contribution in [2.45, 2.75) is 33.8 Å². The van der Waals surface area contributed by atoms with E-state index in [2.05, 4.69) is 0 Å². The number of carbonyl (C=O) groups is 1. The minimum atomic E-state index is -0.635. The number of aliphatic hydroxyl groups is 1. The highest BCUT2D eigenvalue weighted by Gasteiger charge is 2.27. The Morgan fingerprint density at radius 1 is 1.42 bits per heavy atom. The van der Waals surface area contributed by atoms with E-state index < -0.39 is 12.0 Å². The van der Waals surface area contributed by atoms with Crippen molar-refractivity contribution in [2.24, 2.45) is 11.8 Å². The molecule has 0 rings (SSSR count). The molecule has 0 aromatic carbocycles. The molecule has 0 aliphatic rings. The fraction of sp³-hybridized carbons (Fsp3) is 0.889. The zero-order valence-electron chi connectivity index (χ0n) is 8.20. The molecule has 0 aliphatic carbocycles. The molecule has 3 nitrogen and oxygen atoms in total. The first-order valence-electron chi connectivity index (χ1n) is 4.35. The molecule has 0 aromatic heterocycles. The normalized spacial score (nSPS) is 15.8. The summed E-state index contributed by atoms with van der Waals surface area (Å²) in [6, 6.07) is 0. The Hall–Kier alpha value is -0.570. The third-order valence-corrected chi connectivity index (χ3v) is 1.80. The lowest BCUT2D eigenvalue weighted by atomic mass is 9.91. The van der Waals surface area contributed by atoms with E-state index >= 15 is 0 Å². The lowest BCUT2D eigenvalue weighted by Crippen LogP contribution is -2.32. The molecule has 72 valence electrons. The number of carbonyl (C=O) groups excluding carboxylic acids is 1. The predicted octanol–water partition coefficient (Wildman–Crippen LogP) is 1.20. The van der Waals surface area contributed by atoms with Gasteiger partial charge in [-0.15, -0.1) is 0 Å². The van der Waals surface area contributed by atoms with Gasteiger partial charge in [-0.3, -0.25) is 4.79 Å². The molecule has 0 fully saturated rings. The molecular formula is C9H18O3. The standard InChI is InChI=1S/C9H18O3/c1-5-12-9(11)8(6(2)3)7(4)10/h6-8,10H,5H2,1-4H3/t7-,8+/m1/s1. The van der Waals surface area contributed by atoms with Crippen LogP contribution < -0.4 is 0 Å². The average molecular weight is 174 g/mol. The second-order valence-electron chi connectivity index (χ2n) is 3.26. The van der Waals surface area contributed by atoms with Crippen LogP contribution in [0.25, 0.3) is 0 Å². The van der Waals surface area contributed by atoms with Crippen molar-refractivity contribution in [1.82, 2.24) is 0 Å². The second kappa shape index (κ2) is 5.14. The van der Waals surface area contributed by atoms with E-state index in [0.29, 0.717) is 6.61 Å². The van der Waals surface area contributed by atoms with Gasteiger partial charge in [0.1, 0.15) is 0 Å². The van der Waals surface area contributed by atoms with Crippen LogP contribution in [-0.2, 0) is 9.53 Å². The quantitative estimate of drug-likeness (QED) is 0.651. The van der Waals surface area contributed by atoms with Crippen LogP contribution in [0.15, 0.2) is 0 Å². The molecule has 3 heteroatoms. The maximum absolute atomic E-state index is 11.2. The Kier molecular flexibility index (Phi) is 4.90. The fourth-order valence-electron chi connectivity index (χ4n) is 1.26. The molecule has 2 atom stereocenters. The fourth-order valence-corrected chi connectivity index (χ4v) is 1.26. The van der Waals surface area contributed by atoms with Crippen LogP contribution in [-0.4, -0.2) is 23.8 Å². The van der Waals surface area contributed by atoms with Crippen molar-refractivity contribution in [3.05, 3.63) is 0 Å². The van der Waals surface area contributed by atoms with Crippen molar-refractivity contribution in [1.29, 1.82) is 0 Å². The first-order chi connectivity index (χ1) is 5.50. The van der Waals surface area contributed by atoms with Crippen LogP contribution in [0.3, 0.4) is 0 Å². The van der Waals surface area contributed by atoms with Gasteiger partial charge >= 0.3 is 5.97 Å². The Bertz CT molecular complexity index is 133. The van der Waals surface area contributed by atoms with Crippen LogP contribution in [0.4, 0.5) is 0 Å². The number of esters is 1. The molecule has 0 heterocycles. The van der Waals surface area contributed by atoms with Gasteiger partial charge in [0.15, 0.2) is 0 Å². The van der Waals surface area contributed by atoms with E-state index in [1.165, 1.54) is 0 Å². The smallest absolute Gasteiger partial charge is 0.311 e. The SMILES string of the molecule is CCOC(=O)[C@@H](C(C)C)[C@@H](C)O. The summed E-state index contributed by atoms with van der Waals surface area (Å²) in [6.07, 6.45) is -0.635. The van der Waals surface area contributed by atoms with Gasteiger partial charge in [0.2, 0.25) is 0 Å². The third kappa shape index (κ3) is 3.22. The van der Waals surface area contributed by atoms with Gasteiger partial charge in [-0.2, -0.15) is 0 Å². The Balaban J connectivity index is 4.20. The molecule has 1 N–H and O–H groups in total. The predicted molar refractivity (Wildman–Crippen MR) is 46.6 cm³/mol. The molecule has 0 aromatic rings. The Labute approximate surface area is 73.7 Å². The summed E-state index contributed by atoms with van der Waals surface area (Å²) in [7, 11) is 0. The number of hydrogen-bond donors (Lipinski definition) is 1. The third-order valence-electron chi connectivity index (χ3n) is 1.80. The molecule has 0 saturated carbocycles. The van der Waals surface area contributed by atoms with Gasteiger partial charge < -0.3 is 9.84 Å². The Morgan fingerprint density at radius 3 is 2.17 bits per heavy atom. The van der Waals surface area contributed by atoms with Gasteiger partial charge in [-0.05, 0) is 19.8 Å². The highest BCUT2D eigenvalue weighted by Crippen LogP contribution is 2.16. The van der Waals surface area contributed by atoms with Crippen LogP contribution >= 0.6 is 0 Å². The van der Waals surface area contributed by atoms with Crippen LogP contribution in [0.1, 0.15) is 27.7 Å². The van der Waals surface area contributed by atoms with Gasteiger partial charge in [0, 0.05) is 0 Å². The van der Waals surface area contributed by atoms with Gasteiger partial charge in [-0.25, -0.2) is 0 Å². The number of ether oxygens (including phenoxy) is 1. The lowest BCUT2D eigenvalue weighted by Gasteiger charge is -2.21. The monoisotopic (exact) mass is 174 g/mol. The summed E-state index contributed by atoms with van der Waals surface area (Å²) >= 11 is 0. The number of aliphatic hydroxyl groups excluding tert-OH is 1. The van der Waals surface area contributed by atoms with Crippen molar-refractivity contribution < 1.29 is 14.6 Å². The first kappa shape index (κ1) is 11.4. The minimum absolute atomic E-state index is 0.115. The molecule has 0 bridgehead atoms. The Morgan fingerprint density at radius 2 is 1.92 bits per heavy atom. The second-order valence-corrected chi connectivity index (χ2v) is 3.26. The number of rotatable bonds is 4. The van der Waals surface area contributed by atoms with E-state index in [1.54, 1.807) is 13.8 Å². The maximum Gasteiger partial charge on any atom is 0.311 e. The van der Waals surface area contributed by atoms with Crippen molar-refractivity contribution >= 4 is 5.97 Å². The molecule has 0 saturated heterocycles. The summed E-state index contributed by atoms with van der Waals surface area (Å²) in [5.41, 5.74) is 0. The summed E-state index contributed by atoms with van der Waals surface area (Å²) < 4.78 is 4.83. The summed E-state index contributed by atoms with van der Waals surface area (Å²) in [6.45, 7) is 7.54. The summed E-state index contributed by atoms with van der Waals surface area (Å²) in [4.78, 5) is 11.2. The summed E-state index contributed by atoms with van der Waals surface area (Å²) in [5, 5.41) is 9.28. The van der Waals surface area contributed by atoms with Crippen LogP contribution in [0.2, 0.25) is 0 Å². The molecule has 0 aliphatic heterocycles. The molecule has 0 unspecified atom stereocenters. The zero-order chi connectivity index (χ0) is 9.72. The molecule has 0 radical (unpaired) electrons. The van der Waals surface area contributed by atoms with Gasteiger partial charge in [0.25, 0.3) is 0 Å². The van der Waals surface area contributed by atoms with E-state index in [9.17, 15) is 9.90 Å². The van der Waals surface area contributed by atoms with E-state index in [0.717, 1.165) is 0 Å². The highest BCUT2D eigenvalue weighted by atomic mass is 16.5. The topological polar surface area (TPSA) is 46.5 Å². The van der Waals surface area contributed by atoms with E-state index in [1.807, 2.05) is 13.8 Å². The van der Waals surface area contributed by atoms with Crippen LogP contribution in [0, 0.1) is 11.8 Å². The van der Waals surface area contributed by atoms with Crippen molar-refractivity contribution in [3.8, 4) is 0 Å². The molecule has 12 heavy (non-hydrogen) atoms. The summed E-state index contributed by atoms with van der Waals surface area (Å²) in [5.74, 6) is -0.587. The minimum Gasteiger partial charge on any atom is -0.466 e. The lowest BCUT2D eigenvalue weighted by molar-refractivity contribution is -0.153. The van der Waals surface area contributed by atoms with E-state index in [4.69, 9.17) is 4.74 Å². The molecule has 0 spiro atoms. The van der Waals surface area contributed by atoms with Gasteiger partial charge in [0.05, 0.1) is 18.6 Å². The largest absolute Gasteiger partial charge is 0.466 e. The average Bonchev–Trinajstić information content (AvgIpc) is 1.85. The first-order valence-corrected chi connectivity index (χ1v) is 4.35. The van der Waals surface area contributed by atoms with Gasteiger partial charge in [-0.1, -0.05) is 13.8 Å². The van der Waals surface area contributed by atoms with Crippen molar-refractivity contribution in [3.63, 3.8) is 0 Å². The van der Waals surface area contributed by atoms with Crippen molar-refractivity contribution in [2.75, 3.05) is 6.61 Å².